The molecular formula is C18H25NOS. The van der Waals surface area contributed by atoms with Gasteiger partial charge in [0.2, 0.25) is 0 Å². The van der Waals surface area contributed by atoms with Gasteiger partial charge >= 0.3 is 0 Å². The zero-order valence-corrected chi connectivity index (χ0v) is 14.0. The van der Waals surface area contributed by atoms with E-state index in [4.69, 9.17) is 4.74 Å². The van der Waals surface area contributed by atoms with E-state index < -0.39 is 0 Å². The maximum absolute atomic E-state index is 5.94. The molecule has 0 unspecified atom stereocenters. The van der Waals surface area contributed by atoms with Crippen molar-refractivity contribution in [1.29, 1.82) is 0 Å². The number of para-hydroxylation sites is 1. The van der Waals surface area contributed by atoms with Gasteiger partial charge in [-0.05, 0) is 34.9 Å². The molecule has 0 saturated carbocycles. The largest absolute Gasteiger partial charge is 0.492 e. The quantitative estimate of drug-likeness (QED) is 0.772. The van der Waals surface area contributed by atoms with Gasteiger partial charge in [0.25, 0.3) is 0 Å². The van der Waals surface area contributed by atoms with E-state index in [1.54, 1.807) is 0 Å². The molecule has 0 aliphatic rings. The molecule has 0 radical (unpaired) electrons. The van der Waals surface area contributed by atoms with Gasteiger partial charge in [0, 0.05) is 18.0 Å². The second-order valence-electron chi connectivity index (χ2n) is 6.17. The van der Waals surface area contributed by atoms with E-state index in [9.17, 15) is 0 Å². The van der Waals surface area contributed by atoms with Crippen molar-refractivity contribution in [3.05, 3.63) is 52.2 Å². The third-order valence-electron chi connectivity index (χ3n) is 3.36. The topological polar surface area (TPSA) is 21.3 Å². The molecule has 1 aromatic heterocycles. The van der Waals surface area contributed by atoms with Crippen LogP contribution in [0, 0.1) is 0 Å². The minimum absolute atomic E-state index is 0.114. The number of benzene rings is 1. The molecule has 0 atom stereocenters. The van der Waals surface area contributed by atoms with Gasteiger partial charge in [0.15, 0.2) is 0 Å². The van der Waals surface area contributed by atoms with Crippen LogP contribution < -0.4 is 10.1 Å². The van der Waals surface area contributed by atoms with Crippen LogP contribution in [-0.2, 0) is 11.8 Å². The molecule has 1 N–H and O–H groups in total. The van der Waals surface area contributed by atoms with Crippen LogP contribution in [0.4, 0.5) is 0 Å². The molecule has 1 aromatic carbocycles. The molecule has 0 bridgehead atoms. The Labute approximate surface area is 132 Å². The summed E-state index contributed by atoms with van der Waals surface area (Å²) in [5.74, 6) is 1.00. The Balaban J connectivity index is 1.71. The number of ether oxygens (including phenoxy) is 1. The van der Waals surface area contributed by atoms with Crippen molar-refractivity contribution in [2.24, 2.45) is 0 Å². The fourth-order valence-electron chi connectivity index (χ4n) is 2.24. The lowest BCUT2D eigenvalue weighted by Gasteiger charge is -2.22. The first-order valence-electron chi connectivity index (χ1n) is 7.53. The lowest BCUT2D eigenvalue weighted by atomic mass is 9.86. The van der Waals surface area contributed by atoms with Crippen LogP contribution in [-0.4, -0.2) is 19.7 Å². The molecule has 0 saturated heterocycles. The van der Waals surface area contributed by atoms with Gasteiger partial charge < -0.3 is 10.1 Å². The average molecular weight is 303 g/mol. The summed E-state index contributed by atoms with van der Waals surface area (Å²) >= 11 is 1.82. The van der Waals surface area contributed by atoms with Crippen molar-refractivity contribution < 1.29 is 4.74 Å². The molecule has 0 fully saturated rings. The zero-order chi connectivity index (χ0) is 15.1. The van der Waals surface area contributed by atoms with Gasteiger partial charge in [0.05, 0.1) is 0 Å². The summed E-state index contributed by atoms with van der Waals surface area (Å²) in [7, 11) is 0. The van der Waals surface area contributed by atoms with Crippen LogP contribution in [0.25, 0.3) is 0 Å². The van der Waals surface area contributed by atoms with Crippen molar-refractivity contribution >= 4 is 11.3 Å². The molecule has 0 aliphatic carbocycles. The molecule has 21 heavy (non-hydrogen) atoms. The Morgan fingerprint density at radius 2 is 1.86 bits per heavy atom. The van der Waals surface area contributed by atoms with Gasteiger partial charge in [-0.2, -0.15) is 0 Å². The van der Waals surface area contributed by atoms with E-state index in [1.807, 2.05) is 17.4 Å². The molecule has 1 heterocycles. The maximum atomic E-state index is 5.94. The van der Waals surface area contributed by atoms with Crippen molar-refractivity contribution in [3.63, 3.8) is 0 Å². The predicted octanol–water partition coefficient (Wildman–Crippen LogP) is 4.26. The average Bonchev–Trinajstić information content (AvgIpc) is 2.95. The van der Waals surface area contributed by atoms with Crippen LogP contribution in [0.2, 0.25) is 0 Å². The van der Waals surface area contributed by atoms with Crippen molar-refractivity contribution in [1.82, 2.24) is 5.32 Å². The van der Waals surface area contributed by atoms with E-state index in [2.05, 4.69) is 61.8 Å². The lowest BCUT2D eigenvalue weighted by molar-refractivity contribution is 0.306. The first-order valence-corrected chi connectivity index (χ1v) is 8.41. The molecule has 0 amide bonds. The van der Waals surface area contributed by atoms with Gasteiger partial charge in [-0.1, -0.05) is 45.0 Å². The van der Waals surface area contributed by atoms with Gasteiger partial charge in [-0.3, -0.25) is 0 Å². The molecule has 0 aliphatic heterocycles. The van der Waals surface area contributed by atoms with Crippen LogP contribution >= 0.6 is 11.3 Å². The Morgan fingerprint density at radius 3 is 2.57 bits per heavy atom. The van der Waals surface area contributed by atoms with Crippen LogP contribution in [0.1, 0.15) is 31.2 Å². The highest BCUT2D eigenvalue weighted by Gasteiger charge is 2.18. The number of hydrogen-bond donors (Lipinski definition) is 1. The molecule has 0 spiro atoms. The number of thiophene rings is 1. The number of nitrogens with one attached hydrogen (secondary N) is 1. The first kappa shape index (κ1) is 16.1. The number of hydrogen-bond acceptors (Lipinski definition) is 3. The standard InChI is InChI=1S/C18H25NOS/c1-18(2,3)16-8-4-5-9-17(16)20-13-12-19-11-10-15-7-6-14-21-15/h4-9,14,19H,10-13H2,1-3H3. The summed E-state index contributed by atoms with van der Waals surface area (Å²) in [6.45, 7) is 9.24. The third-order valence-corrected chi connectivity index (χ3v) is 4.30. The minimum atomic E-state index is 0.114. The van der Waals surface area contributed by atoms with Gasteiger partial charge in [-0.25, -0.2) is 0 Å². The second-order valence-corrected chi connectivity index (χ2v) is 7.21. The van der Waals surface area contributed by atoms with Crippen LogP contribution in [0.3, 0.4) is 0 Å². The molecule has 3 heteroatoms. The fraction of sp³-hybridized carbons (Fsp3) is 0.444. The highest BCUT2D eigenvalue weighted by Crippen LogP contribution is 2.30. The normalized spacial score (nSPS) is 11.6. The van der Waals surface area contributed by atoms with E-state index >= 15 is 0 Å². The second kappa shape index (κ2) is 7.62. The van der Waals surface area contributed by atoms with Crippen molar-refractivity contribution in [3.8, 4) is 5.75 Å². The predicted molar refractivity (Wildman–Crippen MR) is 91.5 cm³/mol. The van der Waals surface area contributed by atoms with E-state index in [-0.39, 0.29) is 5.41 Å². The maximum Gasteiger partial charge on any atom is 0.123 e. The Hall–Kier alpha value is -1.32. The Kier molecular flexibility index (Phi) is 5.83. The fourth-order valence-corrected chi connectivity index (χ4v) is 2.95. The molecule has 2 rings (SSSR count). The smallest absolute Gasteiger partial charge is 0.123 e. The van der Waals surface area contributed by atoms with Crippen LogP contribution in [0.15, 0.2) is 41.8 Å². The third kappa shape index (κ3) is 5.18. The zero-order valence-electron chi connectivity index (χ0n) is 13.2. The van der Waals surface area contributed by atoms with Crippen molar-refractivity contribution in [2.75, 3.05) is 19.7 Å². The number of rotatable bonds is 7. The summed E-state index contributed by atoms with van der Waals surface area (Å²) in [5, 5.41) is 5.56. The molecule has 2 nitrogen and oxygen atoms in total. The molecule has 2 aromatic rings. The SMILES string of the molecule is CC(C)(C)c1ccccc1OCCNCCc1cccs1. The summed E-state index contributed by atoms with van der Waals surface area (Å²) in [5.41, 5.74) is 1.38. The summed E-state index contributed by atoms with van der Waals surface area (Å²) in [4.78, 5) is 1.43. The van der Waals surface area contributed by atoms with Gasteiger partial charge in [0.1, 0.15) is 12.4 Å². The molecule has 114 valence electrons. The van der Waals surface area contributed by atoms with Gasteiger partial charge in [-0.15, -0.1) is 11.3 Å². The summed E-state index contributed by atoms with van der Waals surface area (Å²) in [6, 6.07) is 12.6. The lowest BCUT2D eigenvalue weighted by Crippen LogP contribution is -2.24. The molecular weight excluding hydrogens is 278 g/mol. The van der Waals surface area contributed by atoms with E-state index in [1.165, 1.54) is 10.4 Å². The summed E-state index contributed by atoms with van der Waals surface area (Å²) < 4.78 is 5.94. The Morgan fingerprint density at radius 1 is 1.05 bits per heavy atom. The highest BCUT2D eigenvalue weighted by atomic mass is 32.1. The van der Waals surface area contributed by atoms with E-state index in [0.29, 0.717) is 6.61 Å². The Bertz CT molecular complexity index is 528. The highest BCUT2D eigenvalue weighted by molar-refractivity contribution is 7.09. The van der Waals surface area contributed by atoms with E-state index in [0.717, 1.165) is 25.3 Å². The minimum Gasteiger partial charge on any atom is -0.492 e. The summed E-state index contributed by atoms with van der Waals surface area (Å²) in [6.07, 6.45) is 1.09. The van der Waals surface area contributed by atoms with Crippen LogP contribution in [0.5, 0.6) is 5.75 Å². The van der Waals surface area contributed by atoms with Crippen molar-refractivity contribution in [2.45, 2.75) is 32.6 Å². The monoisotopic (exact) mass is 303 g/mol. The first-order chi connectivity index (χ1) is 10.1.